The Balaban J connectivity index is 2.05. The van der Waals surface area contributed by atoms with E-state index in [1.54, 1.807) is 0 Å². The molecule has 0 bridgehead atoms. The van der Waals surface area contributed by atoms with Gasteiger partial charge < -0.3 is 0 Å². The van der Waals surface area contributed by atoms with Gasteiger partial charge >= 0.3 is 0 Å². The normalized spacial score (nSPS) is 17.3. The van der Waals surface area contributed by atoms with Gasteiger partial charge in [-0.15, -0.1) is 0 Å². The molecule has 0 atom stereocenters. The minimum atomic E-state index is 0.433. The molecule has 1 aromatic carbocycles. The molecular formula is C11H12N4. The van der Waals surface area contributed by atoms with E-state index >= 15 is 0 Å². The molecule has 0 aliphatic carbocycles. The van der Waals surface area contributed by atoms with Crippen LogP contribution < -0.4 is 10.9 Å². The lowest BCUT2D eigenvalue weighted by Crippen LogP contribution is -2.21. The monoisotopic (exact) mass is 200 g/mol. The zero-order valence-corrected chi connectivity index (χ0v) is 8.27. The van der Waals surface area contributed by atoms with E-state index in [4.69, 9.17) is 0 Å². The number of nitrogens with zero attached hydrogens (tertiary/aromatic N) is 2. The predicted molar refractivity (Wildman–Crippen MR) is 58.3 cm³/mol. The Labute approximate surface area is 87.7 Å². The SMILES string of the molecule is c1ccc2nc(C3CNNC3)cnc2c1. The van der Waals surface area contributed by atoms with Crippen molar-refractivity contribution in [1.82, 2.24) is 20.8 Å². The van der Waals surface area contributed by atoms with Crippen LogP contribution in [0.2, 0.25) is 0 Å². The highest BCUT2D eigenvalue weighted by atomic mass is 15.4. The number of rotatable bonds is 1. The summed E-state index contributed by atoms with van der Waals surface area (Å²) in [7, 11) is 0. The molecule has 1 aromatic heterocycles. The summed E-state index contributed by atoms with van der Waals surface area (Å²) in [6.07, 6.45) is 1.88. The lowest BCUT2D eigenvalue weighted by Gasteiger charge is -2.06. The first-order valence-corrected chi connectivity index (χ1v) is 5.11. The topological polar surface area (TPSA) is 49.8 Å². The molecule has 3 rings (SSSR count). The summed E-state index contributed by atoms with van der Waals surface area (Å²) in [5.41, 5.74) is 9.20. The van der Waals surface area contributed by atoms with Crippen LogP contribution in [-0.2, 0) is 0 Å². The van der Waals surface area contributed by atoms with Crippen molar-refractivity contribution in [3.8, 4) is 0 Å². The third kappa shape index (κ3) is 1.58. The van der Waals surface area contributed by atoms with Crippen molar-refractivity contribution in [2.45, 2.75) is 5.92 Å². The fraction of sp³-hybridized carbons (Fsp3) is 0.273. The van der Waals surface area contributed by atoms with Crippen LogP contribution in [0, 0.1) is 0 Å². The number of benzene rings is 1. The summed E-state index contributed by atoms with van der Waals surface area (Å²) in [5, 5.41) is 0. The Morgan fingerprint density at radius 2 is 1.80 bits per heavy atom. The first-order valence-electron chi connectivity index (χ1n) is 5.11. The molecule has 0 amide bonds. The molecule has 76 valence electrons. The fourth-order valence-electron chi connectivity index (χ4n) is 1.84. The number of aromatic nitrogens is 2. The quantitative estimate of drug-likeness (QED) is 0.715. The zero-order valence-electron chi connectivity index (χ0n) is 8.27. The maximum Gasteiger partial charge on any atom is 0.0890 e. The van der Waals surface area contributed by atoms with Crippen LogP contribution in [0.25, 0.3) is 11.0 Å². The van der Waals surface area contributed by atoms with Gasteiger partial charge in [-0.2, -0.15) is 0 Å². The fourth-order valence-corrected chi connectivity index (χ4v) is 1.84. The summed E-state index contributed by atoms with van der Waals surface area (Å²) < 4.78 is 0. The van der Waals surface area contributed by atoms with Gasteiger partial charge in [-0.05, 0) is 12.1 Å². The van der Waals surface area contributed by atoms with E-state index in [-0.39, 0.29) is 0 Å². The van der Waals surface area contributed by atoms with E-state index in [0.29, 0.717) is 5.92 Å². The van der Waals surface area contributed by atoms with E-state index in [2.05, 4.69) is 20.8 Å². The van der Waals surface area contributed by atoms with Gasteiger partial charge in [-0.3, -0.25) is 15.8 Å². The molecule has 0 unspecified atom stereocenters. The van der Waals surface area contributed by atoms with E-state index in [1.807, 2.05) is 30.5 Å². The van der Waals surface area contributed by atoms with Gasteiger partial charge in [-0.1, -0.05) is 12.1 Å². The van der Waals surface area contributed by atoms with Crippen molar-refractivity contribution in [1.29, 1.82) is 0 Å². The van der Waals surface area contributed by atoms with E-state index < -0.39 is 0 Å². The van der Waals surface area contributed by atoms with Crippen molar-refractivity contribution in [3.05, 3.63) is 36.2 Å². The van der Waals surface area contributed by atoms with Gasteiger partial charge in [0.05, 0.1) is 16.7 Å². The molecule has 2 N–H and O–H groups in total. The van der Waals surface area contributed by atoms with Gasteiger partial charge in [0.15, 0.2) is 0 Å². The van der Waals surface area contributed by atoms with Gasteiger partial charge in [0, 0.05) is 25.2 Å². The maximum atomic E-state index is 4.61. The minimum absolute atomic E-state index is 0.433. The number of para-hydroxylation sites is 2. The van der Waals surface area contributed by atoms with Crippen LogP contribution >= 0.6 is 0 Å². The van der Waals surface area contributed by atoms with Gasteiger partial charge in [0.2, 0.25) is 0 Å². The Morgan fingerprint density at radius 1 is 1.07 bits per heavy atom. The van der Waals surface area contributed by atoms with Crippen LogP contribution in [-0.4, -0.2) is 23.1 Å². The highest BCUT2D eigenvalue weighted by molar-refractivity contribution is 5.73. The highest BCUT2D eigenvalue weighted by Crippen LogP contribution is 2.16. The average molecular weight is 200 g/mol. The van der Waals surface area contributed by atoms with E-state index in [1.165, 1.54) is 0 Å². The molecule has 0 spiro atoms. The molecule has 2 heterocycles. The maximum absolute atomic E-state index is 4.61. The first-order chi connectivity index (χ1) is 7.43. The number of hydrogen-bond acceptors (Lipinski definition) is 4. The summed E-state index contributed by atoms with van der Waals surface area (Å²) in [4.78, 5) is 9.02. The number of hydrogen-bond donors (Lipinski definition) is 2. The molecule has 1 aliphatic rings. The summed E-state index contributed by atoms with van der Waals surface area (Å²) >= 11 is 0. The lowest BCUT2D eigenvalue weighted by molar-refractivity contribution is 0.689. The molecular weight excluding hydrogens is 188 g/mol. The highest BCUT2D eigenvalue weighted by Gasteiger charge is 2.17. The van der Waals surface area contributed by atoms with Crippen LogP contribution in [0.1, 0.15) is 11.6 Å². The molecule has 4 nitrogen and oxygen atoms in total. The molecule has 1 saturated heterocycles. The first kappa shape index (κ1) is 8.76. The van der Waals surface area contributed by atoms with Crippen molar-refractivity contribution in [2.24, 2.45) is 0 Å². The van der Waals surface area contributed by atoms with E-state index in [0.717, 1.165) is 29.8 Å². The van der Waals surface area contributed by atoms with Crippen molar-refractivity contribution < 1.29 is 0 Å². The number of fused-ring (bicyclic) bond motifs is 1. The smallest absolute Gasteiger partial charge is 0.0890 e. The molecule has 4 heteroatoms. The summed E-state index contributed by atoms with van der Waals surface area (Å²) in [6, 6.07) is 7.96. The van der Waals surface area contributed by atoms with Crippen molar-refractivity contribution in [3.63, 3.8) is 0 Å². The molecule has 0 radical (unpaired) electrons. The number of hydrazine groups is 1. The molecule has 1 fully saturated rings. The Kier molecular flexibility index (Phi) is 2.08. The van der Waals surface area contributed by atoms with Crippen molar-refractivity contribution in [2.75, 3.05) is 13.1 Å². The standard InChI is InChI=1S/C11H12N4/c1-2-4-10-9(3-1)12-7-11(15-10)8-5-13-14-6-8/h1-4,7-8,13-14H,5-6H2. The van der Waals surface area contributed by atoms with Crippen LogP contribution in [0.15, 0.2) is 30.5 Å². The second-order valence-corrected chi connectivity index (χ2v) is 3.74. The Morgan fingerprint density at radius 3 is 2.60 bits per heavy atom. The number of nitrogens with one attached hydrogen (secondary N) is 2. The minimum Gasteiger partial charge on any atom is -0.257 e. The van der Waals surface area contributed by atoms with Crippen LogP contribution in [0.4, 0.5) is 0 Å². The van der Waals surface area contributed by atoms with Gasteiger partial charge in [0.25, 0.3) is 0 Å². The molecule has 1 aliphatic heterocycles. The molecule has 0 saturated carbocycles. The summed E-state index contributed by atoms with van der Waals surface area (Å²) in [6.45, 7) is 1.85. The third-order valence-electron chi connectivity index (χ3n) is 2.71. The van der Waals surface area contributed by atoms with Gasteiger partial charge in [-0.25, -0.2) is 4.98 Å². The Bertz CT molecular complexity index is 477. The Hall–Kier alpha value is -1.52. The summed E-state index contributed by atoms with van der Waals surface area (Å²) in [5.74, 6) is 0.433. The second kappa shape index (κ2) is 3.56. The third-order valence-corrected chi connectivity index (χ3v) is 2.71. The molecule has 2 aromatic rings. The van der Waals surface area contributed by atoms with Crippen LogP contribution in [0.3, 0.4) is 0 Å². The van der Waals surface area contributed by atoms with E-state index in [9.17, 15) is 0 Å². The van der Waals surface area contributed by atoms with Gasteiger partial charge in [0.1, 0.15) is 0 Å². The average Bonchev–Trinajstić information content (AvgIpc) is 2.82. The zero-order chi connectivity index (χ0) is 10.1. The largest absolute Gasteiger partial charge is 0.257 e. The molecule has 15 heavy (non-hydrogen) atoms. The van der Waals surface area contributed by atoms with Crippen LogP contribution in [0.5, 0.6) is 0 Å². The second-order valence-electron chi connectivity index (χ2n) is 3.74. The predicted octanol–water partition coefficient (Wildman–Crippen LogP) is 0.821. The lowest BCUT2D eigenvalue weighted by atomic mass is 10.1. The van der Waals surface area contributed by atoms with Crippen molar-refractivity contribution >= 4 is 11.0 Å².